The minimum absolute atomic E-state index is 0.597. The van der Waals surface area contributed by atoms with E-state index in [2.05, 4.69) is 29.8 Å². The topological polar surface area (TPSA) is 43.4 Å². The molecule has 1 fully saturated rings. The smallest absolute Gasteiger partial charge is 0.161 e. The second-order valence-corrected chi connectivity index (χ2v) is 7.10. The van der Waals surface area contributed by atoms with Gasteiger partial charge in [-0.15, -0.1) is 11.3 Å². The van der Waals surface area contributed by atoms with Gasteiger partial charge in [-0.25, -0.2) is 4.98 Å². The van der Waals surface area contributed by atoms with Crippen molar-refractivity contribution in [3.05, 3.63) is 28.1 Å². The maximum absolute atomic E-state index is 5.50. The zero-order valence-electron chi connectivity index (χ0n) is 14.7. The average Bonchev–Trinajstić information content (AvgIpc) is 3.12. The molecule has 0 amide bonds. The Morgan fingerprint density at radius 1 is 1.17 bits per heavy atom. The van der Waals surface area contributed by atoms with Gasteiger partial charge in [0.2, 0.25) is 0 Å². The van der Waals surface area contributed by atoms with Gasteiger partial charge in [0.15, 0.2) is 11.5 Å². The maximum atomic E-state index is 5.50. The molecule has 24 heavy (non-hydrogen) atoms. The molecule has 5 heteroatoms. The standard InChI is InChI=1S/C19H26N2O2S/c1-4-5-14-10-17(22-2)18(23-3)11-15(14)16-12-24-19(21-16)13-6-8-20-9-7-13/h10-13,20H,4-9H2,1-3H3. The first kappa shape index (κ1) is 17.2. The summed E-state index contributed by atoms with van der Waals surface area (Å²) in [5.41, 5.74) is 3.51. The summed E-state index contributed by atoms with van der Waals surface area (Å²) in [6.07, 6.45) is 4.46. The summed E-state index contributed by atoms with van der Waals surface area (Å²) in [4.78, 5) is 4.97. The van der Waals surface area contributed by atoms with Crippen LogP contribution in [0.5, 0.6) is 11.5 Å². The zero-order valence-corrected chi connectivity index (χ0v) is 15.5. The number of hydrogen-bond acceptors (Lipinski definition) is 5. The molecule has 130 valence electrons. The van der Waals surface area contributed by atoms with Gasteiger partial charge in [-0.2, -0.15) is 0 Å². The number of nitrogens with zero attached hydrogens (tertiary/aromatic N) is 1. The summed E-state index contributed by atoms with van der Waals surface area (Å²) >= 11 is 1.79. The first-order valence-corrected chi connectivity index (χ1v) is 9.56. The zero-order chi connectivity index (χ0) is 16.9. The Morgan fingerprint density at radius 3 is 2.54 bits per heavy atom. The largest absolute Gasteiger partial charge is 0.493 e. The third-order valence-corrected chi connectivity index (χ3v) is 5.62. The van der Waals surface area contributed by atoms with Gasteiger partial charge in [-0.3, -0.25) is 0 Å². The molecule has 0 bridgehead atoms. The minimum Gasteiger partial charge on any atom is -0.493 e. The molecule has 1 N–H and O–H groups in total. The monoisotopic (exact) mass is 346 g/mol. The van der Waals surface area contributed by atoms with Crippen molar-refractivity contribution >= 4 is 11.3 Å². The van der Waals surface area contributed by atoms with Gasteiger partial charge in [0.1, 0.15) is 0 Å². The normalized spacial score (nSPS) is 15.5. The first-order valence-electron chi connectivity index (χ1n) is 8.68. The first-order chi connectivity index (χ1) is 11.8. The SMILES string of the molecule is CCCc1cc(OC)c(OC)cc1-c1csc(C2CCNCC2)n1. The fourth-order valence-electron chi connectivity index (χ4n) is 3.30. The van der Waals surface area contributed by atoms with Crippen LogP contribution in [-0.4, -0.2) is 32.3 Å². The highest BCUT2D eigenvalue weighted by Gasteiger charge is 2.20. The van der Waals surface area contributed by atoms with Gasteiger partial charge in [-0.05, 0) is 50.0 Å². The summed E-state index contributed by atoms with van der Waals surface area (Å²) < 4.78 is 11.0. The Morgan fingerprint density at radius 2 is 1.88 bits per heavy atom. The lowest BCUT2D eigenvalue weighted by Crippen LogP contribution is -2.26. The molecule has 3 rings (SSSR count). The Hall–Kier alpha value is -1.59. The van der Waals surface area contributed by atoms with Crippen molar-refractivity contribution in [2.45, 2.75) is 38.5 Å². The third kappa shape index (κ3) is 3.57. The summed E-state index contributed by atoms with van der Waals surface area (Å²) in [5.74, 6) is 2.15. The van der Waals surface area contributed by atoms with Crippen LogP contribution >= 0.6 is 11.3 Å². The van der Waals surface area contributed by atoms with E-state index >= 15 is 0 Å². The predicted octanol–water partition coefficient (Wildman–Crippen LogP) is 4.25. The summed E-state index contributed by atoms with van der Waals surface area (Å²) in [6.45, 7) is 4.38. The third-order valence-electron chi connectivity index (χ3n) is 4.62. The second kappa shape index (κ2) is 7.99. The summed E-state index contributed by atoms with van der Waals surface area (Å²) in [7, 11) is 3.37. The van der Waals surface area contributed by atoms with Crippen molar-refractivity contribution in [1.82, 2.24) is 10.3 Å². The number of piperidine rings is 1. The quantitative estimate of drug-likeness (QED) is 0.849. The van der Waals surface area contributed by atoms with Crippen molar-refractivity contribution in [1.29, 1.82) is 0 Å². The average molecular weight is 346 g/mol. The van der Waals surface area contributed by atoms with E-state index in [1.165, 1.54) is 29.0 Å². The molecule has 0 atom stereocenters. The number of rotatable bonds is 6. The van der Waals surface area contributed by atoms with Crippen molar-refractivity contribution in [2.24, 2.45) is 0 Å². The van der Waals surface area contributed by atoms with E-state index in [1.807, 2.05) is 0 Å². The van der Waals surface area contributed by atoms with Crippen LogP contribution in [0.25, 0.3) is 11.3 Å². The van der Waals surface area contributed by atoms with Crippen LogP contribution in [0.15, 0.2) is 17.5 Å². The van der Waals surface area contributed by atoms with Crippen LogP contribution in [0.2, 0.25) is 0 Å². The van der Waals surface area contributed by atoms with E-state index in [9.17, 15) is 0 Å². The molecular weight excluding hydrogens is 320 g/mol. The lowest BCUT2D eigenvalue weighted by atomic mass is 9.98. The molecular formula is C19H26N2O2S. The van der Waals surface area contributed by atoms with Gasteiger partial charge in [0.25, 0.3) is 0 Å². The lowest BCUT2D eigenvalue weighted by molar-refractivity contribution is 0.354. The van der Waals surface area contributed by atoms with Crippen LogP contribution in [0.3, 0.4) is 0 Å². The molecule has 0 aliphatic carbocycles. The van der Waals surface area contributed by atoms with E-state index in [0.717, 1.165) is 43.1 Å². The molecule has 0 unspecified atom stereocenters. The molecule has 1 aliphatic rings. The molecule has 0 spiro atoms. The van der Waals surface area contributed by atoms with Crippen LogP contribution < -0.4 is 14.8 Å². The summed E-state index contributed by atoms with van der Waals surface area (Å²) in [5, 5.41) is 6.88. The highest BCUT2D eigenvalue weighted by Crippen LogP contribution is 2.38. The number of nitrogens with one attached hydrogen (secondary N) is 1. The van der Waals surface area contributed by atoms with Crippen LogP contribution in [0.1, 0.15) is 42.7 Å². The van der Waals surface area contributed by atoms with Gasteiger partial charge in [-0.1, -0.05) is 13.3 Å². The fraction of sp³-hybridized carbons (Fsp3) is 0.526. The Balaban J connectivity index is 1.96. The molecule has 4 nitrogen and oxygen atoms in total. The highest BCUT2D eigenvalue weighted by atomic mass is 32.1. The molecule has 1 aromatic carbocycles. The number of benzene rings is 1. The van der Waals surface area contributed by atoms with E-state index in [-0.39, 0.29) is 0 Å². The summed E-state index contributed by atoms with van der Waals surface area (Å²) in [6, 6.07) is 4.17. The van der Waals surface area contributed by atoms with Gasteiger partial charge < -0.3 is 14.8 Å². The molecule has 0 saturated carbocycles. The Labute approximate surface area is 148 Å². The van der Waals surface area contributed by atoms with Crippen LogP contribution in [0.4, 0.5) is 0 Å². The van der Waals surface area contributed by atoms with E-state index in [4.69, 9.17) is 14.5 Å². The number of aryl methyl sites for hydroxylation is 1. The number of aromatic nitrogens is 1. The Kier molecular flexibility index (Phi) is 5.74. The van der Waals surface area contributed by atoms with Gasteiger partial charge >= 0.3 is 0 Å². The molecule has 1 aromatic heterocycles. The molecule has 1 saturated heterocycles. The molecule has 2 aromatic rings. The number of hydrogen-bond donors (Lipinski definition) is 1. The second-order valence-electron chi connectivity index (χ2n) is 6.21. The van der Waals surface area contributed by atoms with E-state index in [1.54, 1.807) is 25.6 Å². The predicted molar refractivity (Wildman–Crippen MR) is 99.5 cm³/mol. The van der Waals surface area contributed by atoms with Crippen molar-refractivity contribution in [3.63, 3.8) is 0 Å². The molecule has 0 radical (unpaired) electrons. The molecule has 2 heterocycles. The highest BCUT2D eigenvalue weighted by molar-refractivity contribution is 7.10. The van der Waals surface area contributed by atoms with Crippen molar-refractivity contribution in [2.75, 3.05) is 27.3 Å². The van der Waals surface area contributed by atoms with E-state index < -0.39 is 0 Å². The number of methoxy groups -OCH3 is 2. The Bertz CT molecular complexity index is 678. The van der Waals surface area contributed by atoms with Crippen molar-refractivity contribution < 1.29 is 9.47 Å². The lowest BCUT2D eigenvalue weighted by Gasteiger charge is -2.20. The van der Waals surface area contributed by atoms with Crippen molar-refractivity contribution in [3.8, 4) is 22.8 Å². The van der Waals surface area contributed by atoms with Gasteiger partial charge in [0, 0.05) is 16.9 Å². The minimum atomic E-state index is 0.597. The number of thiazole rings is 1. The molecule has 1 aliphatic heterocycles. The van der Waals surface area contributed by atoms with E-state index in [0.29, 0.717) is 5.92 Å². The van der Waals surface area contributed by atoms with Gasteiger partial charge in [0.05, 0.1) is 24.9 Å². The number of ether oxygens (including phenoxy) is 2. The van der Waals surface area contributed by atoms with Crippen LogP contribution in [-0.2, 0) is 6.42 Å². The maximum Gasteiger partial charge on any atom is 0.161 e. The fourth-order valence-corrected chi connectivity index (χ4v) is 4.29. The van der Waals surface area contributed by atoms with Crippen LogP contribution in [0, 0.1) is 0 Å².